The molecule has 0 fully saturated rings. The first-order chi connectivity index (χ1) is 13.4. The number of carbonyl (C=O) groups is 3. The van der Waals surface area contributed by atoms with Gasteiger partial charge in [0.1, 0.15) is 18.4 Å². The maximum absolute atomic E-state index is 12.2. The number of aldehydes is 2. The minimum Gasteiger partial charge on any atom is -0.382 e. The van der Waals surface area contributed by atoms with E-state index in [0.29, 0.717) is 23.1 Å². The highest BCUT2D eigenvalue weighted by molar-refractivity contribution is 5.85. The number of aromatic nitrogens is 4. The molecule has 9 heteroatoms. The number of ketones is 1. The predicted molar refractivity (Wildman–Crippen MR) is 103 cm³/mol. The second-order valence-corrected chi connectivity index (χ2v) is 6.57. The summed E-state index contributed by atoms with van der Waals surface area (Å²) in [5, 5.41) is 0. The van der Waals surface area contributed by atoms with Gasteiger partial charge in [-0.05, 0) is 12.5 Å². The number of fused-ring (bicyclic) bond motifs is 1. The van der Waals surface area contributed by atoms with Crippen LogP contribution >= 0.6 is 0 Å². The molecule has 2 aromatic heterocycles. The molecule has 142 valence electrons. The van der Waals surface area contributed by atoms with E-state index in [9.17, 15) is 14.4 Å². The van der Waals surface area contributed by atoms with Gasteiger partial charge in [0.2, 0.25) is 5.95 Å². The van der Waals surface area contributed by atoms with Crippen LogP contribution in [-0.4, -0.2) is 38.3 Å². The van der Waals surface area contributed by atoms with Gasteiger partial charge < -0.3 is 16.3 Å². The molecular formula is C19H18N6O3. The Morgan fingerprint density at radius 2 is 1.82 bits per heavy atom. The molecule has 0 aliphatic carbocycles. The number of nitrogen functional groups attached to an aromatic ring is 2. The van der Waals surface area contributed by atoms with Gasteiger partial charge in [-0.2, -0.15) is 9.97 Å². The zero-order valence-corrected chi connectivity index (χ0v) is 15.1. The van der Waals surface area contributed by atoms with Crippen molar-refractivity contribution in [3.63, 3.8) is 0 Å². The molecule has 9 nitrogen and oxygen atoms in total. The molecule has 1 aromatic carbocycles. The highest BCUT2D eigenvalue weighted by atomic mass is 16.1. The van der Waals surface area contributed by atoms with Crippen LogP contribution in [0.2, 0.25) is 0 Å². The van der Waals surface area contributed by atoms with E-state index in [1.54, 1.807) is 24.3 Å². The van der Waals surface area contributed by atoms with Crippen LogP contribution in [-0.2, 0) is 21.4 Å². The van der Waals surface area contributed by atoms with Crippen LogP contribution < -0.4 is 11.5 Å². The minimum absolute atomic E-state index is 0.0128. The fourth-order valence-corrected chi connectivity index (χ4v) is 3.15. The van der Waals surface area contributed by atoms with Crippen molar-refractivity contribution in [2.24, 2.45) is 0 Å². The van der Waals surface area contributed by atoms with Crippen LogP contribution in [0.3, 0.4) is 0 Å². The molecular weight excluding hydrogens is 360 g/mol. The number of rotatable bonds is 7. The standard InChI is InChI=1S/C19H18N6O3/c1-11(28)6-19(10-27,13-4-2-12(9-26)3-5-13)7-14-8-22-17-15(23-14)16(20)24-18(21)25-17/h2-5,8-10H,6-7H2,1H3,(H4,20,21,22,24,25). The number of anilines is 2. The van der Waals surface area contributed by atoms with Crippen molar-refractivity contribution in [1.29, 1.82) is 0 Å². The van der Waals surface area contributed by atoms with E-state index in [0.717, 1.165) is 6.29 Å². The van der Waals surface area contributed by atoms with E-state index >= 15 is 0 Å². The molecule has 0 saturated carbocycles. The Balaban J connectivity index is 2.08. The van der Waals surface area contributed by atoms with Gasteiger partial charge in [-0.1, -0.05) is 24.3 Å². The van der Waals surface area contributed by atoms with Gasteiger partial charge in [-0.15, -0.1) is 0 Å². The van der Waals surface area contributed by atoms with Crippen LogP contribution in [0.5, 0.6) is 0 Å². The summed E-state index contributed by atoms with van der Waals surface area (Å²) in [5.41, 5.74) is 12.3. The minimum atomic E-state index is -1.15. The van der Waals surface area contributed by atoms with Gasteiger partial charge in [0, 0.05) is 18.4 Å². The van der Waals surface area contributed by atoms with Crippen molar-refractivity contribution in [2.75, 3.05) is 11.5 Å². The zero-order chi connectivity index (χ0) is 20.3. The topological polar surface area (TPSA) is 155 Å². The molecule has 0 amide bonds. The Morgan fingerprint density at radius 3 is 2.43 bits per heavy atom. The first-order valence-electron chi connectivity index (χ1n) is 8.43. The lowest BCUT2D eigenvalue weighted by Crippen LogP contribution is -2.33. The molecule has 1 atom stereocenters. The van der Waals surface area contributed by atoms with E-state index in [4.69, 9.17) is 11.5 Å². The highest BCUT2D eigenvalue weighted by Crippen LogP contribution is 2.31. The molecule has 0 aliphatic heterocycles. The molecule has 0 aliphatic rings. The third-order valence-electron chi connectivity index (χ3n) is 4.41. The molecule has 1 unspecified atom stereocenters. The molecule has 3 aromatic rings. The quantitative estimate of drug-likeness (QED) is 0.574. The van der Waals surface area contributed by atoms with Crippen LogP contribution in [0.15, 0.2) is 30.5 Å². The Morgan fingerprint density at radius 1 is 1.11 bits per heavy atom. The third-order valence-corrected chi connectivity index (χ3v) is 4.41. The van der Waals surface area contributed by atoms with Gasteiger partial charge in [0.15, 0.2) is 17.0 Å². The van der Waals surface area contributed by atoms with E-state index < -0.39 is 5.41 Å². The lowest BCUT2D eigenvalue weighted by molar-refractivity contribution is -0.122. The molecule has 0 radical (unpaired) electrons. The average Bonchev–Trinajstić information content (AvgIpc) is 2.67. The lowest BCUT2D eigenvalue weighted by Gasteiger charge is -2.27. The summed E-state index contributed by atoms with van der Waals surface area (Å²) in [4.78, 5) is 51.4. The van der Waals surface area contributed by atoms with Gasteiger partial charge in [0.05, 0.1) is 17.3 Å². The Kier molecular flexibility index (Phi) is 5.08. The summed E-state index contributed by atoms with van der Waals surface area (Å²) in [5.74, 6) is -0.0903. The van der Waals surface area contributed by atoms with Crippen LogP contribution in [0.25, 0.3) is 11.2 Å². The number of carbonyl (C=O) groups excluding carboxylic acids is 3. The number of nitrogens with zero attached hydrogens (tertiary/aromatic N) is 4. The Hall–Kier alpha value is -3.75. The molecule has 4 N–H and O–H groups in total. The van der Waals surface area contributed by atoms with E-state index in [1.807, 2.05) is 0 Å². The molecule has 0 spiro atoms. The van der Waals surface area contributed by atoms with Crippen molar-refractivity contribution >= 4 is 41.3 Å². The Bertz CT molecular complexity index is 1070. The summed E-state index contributed by atoms with van der Waals surface area (Å²) in [6.07, 6.45) is 3.00. The summed E-state index contributed by atoms with van der Waals surface area (Å²) in [6, 6.07) is 6.52. The highest BCUT2D eigenvalue weighted by Gasteiger charge is 2.34. The van der Waals surface area contributed by atoms with Crippen LogP contribution in [0.4, 0.5) is 11.8 Å². The van der Waals surface area contributed by atoms with Crippen molar-refractivity contribution in [3.8, 4) is 0 Å². The van der Waals surface area contributed by atoms with Gasteiger partial charge in [-0.25, -0.2) is 9.97 Å². The smallest absolute Gasteiger partial charge is 0.224 e. The molecule has 0 saturated heterocycles. The van der Waals surface area contributed by atoms with Crippen LogP contribution in [0.1, 0.15) is 35.0 Å². The normalized spacial score (nSPS) is 13.0. The van der Waals surface area contributed by atoms with Gasteiger partial charge >= 0.3 is 0 Å². The summed E-state index contributed by atoms with van der Waals surface area (Å²) in [7, 11) is 0. The predicted octanol–water partition coefficient (Wildman–Crippen LogP) is 1.06. The van der Waals surface area contributed by atoms with Gasteiger partial charge in [-0.3, -0.25) is 9.59 Å². The number of nitrogens with two attached hydrogens (primary N) is 2. The number of Topliss-reactive ketones (excluding diaryl/α,β-unsaturated/α-hetero) is 1. The maximum Gasteiger partial charge on any atom is 0.224 e. The van der Waals surface area contributed by atoms with E-state index in [2.05, 4.69) is 19.9 Å². The van der Waals surface area contributed by atoms with Gasteiger partial charge in [0.25, 0.3) is 0 Å². The van der Waals surface area contributed by atoms with Crippen molar-refractivity contribution in [1.82, 2.24) is 19.9 Å². The second kappa shape index (κ2) is 7.47. The maximum atomic E-state index is 12.2. The number of hydrogen-bond acceptors (Lipinski definition) is 9. The third kappa shape index (κ3) is 3.68. The summed E-state index contributed by atoms with van der Waals surface area (Å²) in [6.45, 7) is 1.42. The Labute approximate surface area is 160 Å². The van der Waals surface area contributed by atoms with Crippen LogP contribution in [0, 0.1) is 0 Å². The lowest BCUT2D eigenvalue weighted by atomic mass is 9.74. The summed E-state index contributed by atoms with van der Waals surface area (Å²) < 4.78 is 0. The number of benzene rings is 1. The SMILES string of the molecule is CC(=O)CC(C=O)(Cc1cnc2nc(N)nc(N)c2n1)c1ccc(C=O)cc1. The van der Waals surface area contributed by atoms with E-state index in [1.165, 1.54) is 13.1 Å². The fourth-order valence-electron chi connectivity index (χ4n) is 3.15. The molecule has 3 rings (SSSR count). The van der Waals surface area contributed by atoms with Crippen molar-refractivity contribution in [2.45, 2.75) is 25.2 Å². The molecule has 2 heterocycles. The summed E-state index contributed by atoms with van der Waals surface area (Å²) >= 11 is 0. The van der Waals surface area contributed by atoms with Crippen molar-refractivity contribution < 1.29 is 14.4 Å². The van der Waals surface area contributed by atoms with Crippen molar-refractivity contribution in [3.05, 3.63) is 47.3 Å². The monoisotopic (exact) mass is 378 g/mol. The average molecular weight is 378 g/mol. The molecule has 0 bridgehead atoms. The fraction of sp³-hybridized carbons (Fsp3) is 0.211. The first-order valence-corrected chi connectivity index (χ1v) is 8.43. The first kappa shape index (κ1) is 19.0. The number of hydrogen-bond donors (Lipinski definition) is 2. The zero-order valence-electron chi connectivity index (χ0n) is 15.1. The second-order valence-electron chi connectivity index (χ2n) is 6.57. The largest absolute Gasteiger partial charge is 0.382 e. The molecule has 28 heavy (non-hydrogen) atoms. The van der Waals surface area contributed by atoms with E-state index in [-0.39, 0.29) is 41.6 Å².